The van der Waals surface area contributed by atoms with Gasteiger partial charge in [-0.25, -0.2) is 4.98 Å². The summed E-state index contributed by atoms with van der Waals surface area (Å²) < 4.78 is 6.72. The minimum Gasteiger partial charge on any atom is -0.438 e. The lowest BCUT2D eigenvalue weighted by Gasteiger charge is -2.10. The van der Waals surface area contributed by atoms with Gasteiger partial charge in [-0.15, -0.1) is 0 Å². The van der Waals surface area contributed by atoms with Crippen molar-refractivity contribution in [2.75, 3.05) is 0 Å². The summed E-state index contributed by atoms with van der Waals surface area (Å²) in [6.07, 6.45) is 0. The number of hydrogen-bond acceptors (Lipinski definition) is 3. The Balaban J connectivity index is 2.04. The van der Waals surface area contributed by atoms with E-state index in [1.807, 2.05) is 49.4 Å². The molecule has 3 rings (SSSR count). The third-order valence-electron chi connectivity index (χ3n) is 3.25. The van der Waals surface area contributed by atoms with E-state index in [1.165, 1.54) is 0 Å². The fraction of sp³-hybridized carbons (Fsp3) is 0.118. The second kappa shape index (κ2) is 5.84. The number of aryl methyl sites for hydroxylation is 1. The first-order valence-electron chi connectivity index (χ1n) is 6.61. The first-order chi connectivity index (χ1) is 10.2. The number of benzene rings is 2. The van der Waals surface area contributed by atoms with Gasteiger partial charge in [0.1, 0.15) is 5.75 Å². The third kappa shape index (κ3) is 2.91. The predicted octanol–water partition coefficient (Wildman–Crippen LogP) is 4.59. The lowest BCUT2D eigenvalue weighted by atomic mass is 10.1. The second-order valence-corrected chi connectivity index (χ2v) is 5.69. The van der Waals surface area contributed by atoms with E-state index in [2.05, 4.69) is 20.9 Å². The van der Waals surface area contributed by atoms with Gasteiger partial charge >= 0.3 is 0 Å². The minimum atomic E-state index is -0.0472. The van der Waals surface area contributed by atoms with E-state index >= 15 is 0 Å². The summed E-state index contributed by atoms with van der Waals surface area (Å²) in [5, 5.41) is 10.5. The van der Waals surface area contributed by atoms with Crippen LogP contribution in [-0.2, 0) is 6.61 Å². The summed E-state index contributed by atoms with van der Waals surface area (Å²) in [6, 6.07) is 15.3. The lowest BCUT2D eigenvalue weighted by Crippen LogP contribution is -1.94. The molecule has 0 atom stereocenters. The molecule has 0 saturated carbocycles. The van der Waals surface area contributed by atoms with Gasteiger partial charge in [-0.05, 0) is 52.2 Å². The molecule has 0 amide bonds. The number of fused-ring (bicyclic) bond motifs is 1. The van der Waals surface area contributed by atoms with Crippen molar-refractivity contribution < 1.29 is 9.84 Å². The minimum absolute atomic E-state index is 0.0472. The first-order valence-corrected chi connectivity index (χ1v) is 7.40. The van der Waals surface area contributed by atoms with Crippen molar-refractivity contribution in [2.45, 2.75) is 13.5 Å². The number of halogens is 1. The average molecular weight is 344 g/mol. The Morgan fingerprint density at radius 2 is 1.95 bits per heavy atom. The van der Waals surface area contributed by atoms with Gasteiger partial charge in [0.2, 0.25) is 5.88 Å². The predicted molar refractivity (Wildman–Crippen MR) is 86.6 cm³/mol. The zero-order chi connectivity index (χ0) is 14.8. The molecule has 0 bridgehead atoms. The number of aliphatic hydroxyl groups excluding tert-OH is 1. The van der Waals surface area contributed by atoms with Gasteiger partial charge in [0.15, 0.2) is 0 Å². The number of para-hydroxylation sites is 1. The fourth-order valence-electron chi connectivity index (χ4n) is 2.20. The quantitative estimate of drug-likeness (QED) is 0.756. The molecule has 2 aromatic carbocycles. The Labute approximate surface area is 131 Å². The van der Waals surface area contributed by atoms with Gasteiger partial charge < -0.3 is 9.84 Å². The number of aliphatic hydroxyl groups is 1. The van der Waals surface area contributed by atoms with Gasteiger partial charge in [-0.3, -0.25) is 0 Å². The van der Waals surface area contributed by atoms with E-state index in [1.54, 1.807) is 6.07 Å². The Kier molecular flexibility index (Phi) is 3.90. The van der Waals surface area contributed by atoms with Crippen LogP contribution in [0.15, 0.2) is 53.0 Å². The summed E-state index contributed by atoms with van der Waals surface area (Å²) in [6.45, 7) is 1.97. The van der Waals surface area contributed by atoms with Crippen molar-refractivity contribution in [2.24, 2.45) is 0 Å². The summed E-state index contributed by atoms with van der Waals surface area (Å²) in [4.78, 5) is 4.49. The van der Waals surface area contributed by atoms with Gasteiger partial charge in [-0.2, -0.15) is 0 Å². The van der Waals surface area contributed by atoms with Gasteiger partial charge in [0, 0.05) is 11.5 Å². The summed E-state index contributed by atoms with van der Waals surface area (Å²) in [5.41, 5.74) is 2.76. The molecule has 0 unspecified atom stereocenters. The Morgan fingerprint density at radius 1 is 1.14 bits per heavy atom. The molecular formula is C17H14BrNO2. The van der Waals surface area contributed by atoms with Crippen molar-refractivity contribution in [3.8, 4) is 11.6 Å². The number of hydrogen-bond donors (Lipinski definition) is 1. The second-order valence-electron chi connectivity index (χ2n) is 4.83. The number of pyridine rings is 1. The van der Waals surface area contributed by atoms with Crippen LogP contribution in [0.2, 0.25) is 0 Å². The summed E-state index contributed by atoms with van der Waals surface area (Å²) >= 11 is 3.49. The lowest BCUT2D eigenvalue weighted by molar-refractivity contribution is 0.282. The van der Waals surface area contributed by atoms with E-state index in [9.17, 15) is 5.11 Å². The maximum atomic E-state index is 9.52. The molecule has 1 heterocycles. The van der Waals surface area contributed by atoms with Crippen molar-refractivity contribution in [3.63, 3.8) is 0 Å². The number of aromatic nitrogens is 1. The highest BCUT2D eigenvalue weighted by atomic mass is 79.9. The van der Waals surface area contributed by atoms with Crippen LogP contribution >= 0.6 is 15.9 Å². The van der Waals surface area contributed by atoms with Crippen LogP contribution in [0.3, 0.4) is 0 Å². The fourth-order valence-corrected chi connectivity index (χ4v) is 2.78. The molecule has 0 aliphatic rings. The zero-order valence-electron chi connectivity index (χ0n) is 11.5. The van der Waals surface area contributed by atoms with Crippen LogP contribution in [0.25, 0.3) is 10.9 Å². The van der Waals surface area contributed by atoms with Crippen molar-refractivity contribution in [3.05, 3.63) is 64.1 Å². The van der Waals surface area contributed by atoms with Crippen LogP contribution in [0.4, 0.5) is 0 Å². The average Bonchev–Trinajstić information content (AvgIpc) is 2.49. The van der Waals surface area contributed by atoms with Crippen molar-refractivity contribution in [1.29, 1.82) is 0 Å². The first kappa shape index (κ1) is 14.0. The smallest absolute Gasteiger partial charge is 0.220 e. The molecule has 0 aliphatic heterocycles. The molecule has 0 saturated heterocycles. The standard InChI is InChI=1S/C17H14BrNO2/c1-11-6-7-16(14(18)8-11)21-17-9-12(10-20)13-4-2-3-5-15(13)19-17/h2-9,20H,10H2,1H3. The maximum absolute atomic E-state index is 9.52. The maximum Gasteiger partial charge on any atom is 0.220 e. The van der Waals surface area contributed by atoms with Crippen molar-refractivity contribution in [1.82, 2.24) is 4.98 Å². The third-order valence-corrected chi connectivity index (χ3v) is 3.87. The molecule has 0 fully saturated rings. The molecular weight excluding hydrogens is 330 g/mol. The topological polar surface area (TPSA) is 42.4 Å². The summed E-state index contributed by atoms with van der Waals surface area (Å²) in [5.74, 6) is 1.18. The van der Waals surface area contributed by atoms with Crippen LogP contribution in [0, 0.1) is 6.92 Å². The van der Waals surface area contributed by atoms with E-state index in [4.69, 9.17) is 4.74 Å². The number of ether oxygens (including phenoxy) is 1. The Bertz CT molecular complexity index is 802. The normalized spacial score (nSPS) is 10.8. The zero-order valence-corrected chi connectivity index (χ0v) is 13.1. The van der Waals surface area contributed by atoms with Gasteiger partial charge in [-0.1, -0.05) is 24.3 Å². The molecule has 3 nitrogen and oxygen atoms in total. The molecule has 4 heteroatoms. The van der Waals surface area contributed by atoms with E-state index < -0.39 is 0 Å². The molecule has 21 heavy (non-hydrogen) atoms. The molecule has 0 radical (unpaired) electrons. The van der Waals surface area contributed by atoms with Gasteiger partial charge in [0.25, 0.3) is 0 Å². The van der Waals surface area contributed by atoms with E-state index in [0.717, 1.165) is 26.5 Å². The highest BCUT2D eigenvalue weighted by Crippen LogP contribution is 2.31. The highest BCUT2D eigenvalue weighted by Gasteiger charge is 2.08. The monoisotopic (exact) mass is 343 g/mol. The summed E-state index contributed by atoms with van der Waals surface area (Å²) in [7, 11) is 0. The van der Waals surface area contributed by atoms with Crippen LogP contribution in [-0.4, -0.2) is 10.1 Å². The van der Waals surface area contributed by atoms with E-state index in [0.29, 0.717) is 11.6 Å². The van der Waals surface area contributed by atoms with Crippen molar-refractivity contribution >= 4 is 26.8 Å². The molecule has 3 aromatic rings. The van der Waals surface area contributed by atoms with E-state index in [-0.39, 0.29) is 6.61 Å². The molecule has 0 aliphatic carbocycles. The Hall–Kier alpha value is -1.91. The van der Waals surface area contributed by atoms with Crippen LogP contribution in [0.1, 0.15) is 11.1 Å². The molecule has 1 N–H and O–H groups in total. The number of nitrogens with zero attached hydrogens (tertiary/aromatic N) is 1. The SMILES string of the molecule is Cc1ccc(Oc2cc(CO)c3ccccc3n2)c(Br)c1. The highest BCUT2D eigenvalue weighted by molar-refractivity contribution is 9.10. The molecule has 106 valence electrons. The largest absolute Gasteiger partial charge is 0.438 e. The Morgan fingerprint density at radius 3 is 2.71 bits per heavy atom. The number of rotatable bonds is 3. The van der Waals surface area contributed by atoms with Gasteiger partial charge in [0.05, 0.1) is 16.6 Å². The van der Waals surface area contributed by atoms with Crippen LogP contribution in [0.5, 0.6) is 11.6 Å². The molecule has 1 aromatic heterocycles. The van der Waals surface area contributed by atoms with Crippen LogP contribution < -0.4 is 4.74 Å². The molecule has 0 spiro atoms.